The first kappa shape index (κ1) is 20.5. The minimum absolute atomic E-state index is 0.232. The van der Waals surface area contributed by atoms with Crippen molar-refractivity contribution in [3.8, 4) is 17.2 Å². The van der Waals surface area contributed by atoms with Gasteiger partial charge in [-0.25, -0.2) is 4.99 Å². The lowest BCUT2D eigenvalue weighted by Gasteiger charge is -2.10. The van der Waals surface area contributed by atoms with E-state index >= 15 is 0 Å². The van der Waals surface area contributed by atoms with Crippen molar-refractivity contribution in [2.24, 2.45) is 4.99 Å². The molecule has 3 rings (SSSR count). The number of carbonyl (C=O) groups is 2. The molecule has 1 aliphatic heterocycles. The van der Waals surface area contributed by atoms with Gasteiger partial charge in [-0.05, 0) is 66.7 Å². The van der Waals surface area contributed by atoms with E-state index in [9.17, 15) is 9.59 Å². The van der Waals surface area contributed by atoms with Gasteiger partial charge in [0.1, 0.15) is 5.75 Å². The van der Waals surface area contributed by atoms with E-state index in [-0.39, 0.29) is 5.91 Å². The first-order valence-electron chi connectivity index (χ1n) is 8.87. The predicted octanol–water partition coefficient (Wildman–Crippen LogP) is 3.91. The lowest BCUT2D eigenvalue weighted by atomic mass is 10.2. The normalized spacial score (nSPS) is 16.0. The fraction of sp³-hybridized carbons (Fsp3) is 0.190. The molecular formula is C21H20N2O5S. The lowest BCUT2D eigenvalue weighted by Crippen LogP contribution is -2.19. The number of esters is 1. The zero-order valence-electron chi connectivity index (χ0n) is 16.2. The molecule has 0 spiro atoms. The fourth-order valence-corrected chi connectivity index (χ4v) is 3.37. The van der Waals surface area contributed by atoms with Crippen molar-refractivity contribution in [3.63, 3.8) is 0 Å². The molecular weight excluding hydrogens is 392 g/mol. The molecule has 0 atom stereocenters. The predicted molar refractivity (Wildman–Crippen MR) is 113 cm³/mol. The van der Waals surface area contributed by atoms with Gasteiger partial charge in [0.15, 0.2) is 16.7 Å². The Balaban J connectivity index is 1.81. The second-order valence-corrected chi connectivity index (χ2v) is 6.94. The minimum Gasteiger partial charge on any atom is -0.497 e. The van der Waals surface area contributed by atoms with E-state index in [2.05, 4.69) is 10.3 Å². The van der Waals surface area contributed by atoms with Crippen LogP contribution in [0, 0.1) is 0 Å². The van der Waals surface area contributed by atoms with Gasteiger partial charge in [0.25, 0.3) is 5.91 Å². The van der Waals surface area contributed by atoms with Gasteiger partial charge in [0.05, 0.1) is 24.3 Å². The van der Waals surface area contributed by atoms with E-state index in [0.29, 0.717) is 33.9 Å². The standard InChI is InChI=1S/C21H20N2O5S/c1-4-27-18-11-14(5-10-17(18)28-13(2)24)12-19-20(25)23-21(29-19)22-15-6-8-16(26-3)9-7-15/h5-12H,4H2,1-3H3,(H,22,23,25)/b19-12-. The molecule has 29 heavy (non-hydrogen) atoms. The van der Waals surface area contributed by atoms with E-state index in [1.807, 2.05) is 19.1 Å². The Morgan fingerprint density at radius 1 is 1.17 bits per heavy atom. The Bertz CT molecular complexity index is 983. The molecule has 1 aliphatic rings. The molecule has 7 nitrogen and oxygen atoms in total. The quantitative estimate of drug-likeness (QED) is 0.440. The summed E-state index contributed by atoms with van der Waals surface area (Å²) in [5.41, 5.74) is 1.45. The average molecular weight is 412 g/mol. The first-order valence-corrected chi connectivity index (χ1v) is 9.69. The Hall–Kier alpha value is -3.26. The van der Waals surface area contributed by atoms with Crippen LogP contribution in [0.3, 0.4) is 0 Å². The van der Waals surface area contributed by atoms with Crippen LogP contribution in [0.2, 0.25) is 0 Å². The molecule has 0 radical (unpaired) electrons. The molecule has 2 aromatic carbocycles. The molecule has 1 heterocycles. The van der Waals surface area contributed by atoms with Gasteiger partial charge in [-0.1, -0.05) is 6.07 Å². The van der Waals surface area contributed by atoms with Crippen LogP contribution in [-0.4, -0.2) is 30.8 Å². The number of amidine groups is 1. The Morgan fingerprint density at radius 3 is 2.59 bits per heavy atom. The van der Waals surface area contributed by atoms with Gasteiger partial charge in [-0.2, -0.15) is 0 Å². The summed E-state index contributed by atoms with van der Waals surface area (Å²) in [4.78, 5) is 28.5. The number of nitrogens with one attached hydrogen (secondary N) is 1. The lowest BCUT2D eigenvalue weighted by molar-refractivity contribution is -0.132. The molecule has 2 aromatic rings. The molecule has 1 N–H and O–H groups in total. The van der Waals surface area contributed by atoms with Crippen LogP contribution >= 0.6 is 11.8 Å². The highest BCUT2D eigenvalue weighted by Crippen LogP contribution is 2.32. The van der Waals surface area contributed by atoms with Crippen LogP contribution in [-0.2, 0) is 9.59 Å². The Kier molecular flexibility index (Phi) is 6.56. The fourth-order valence-electron chi connectivity index (χ4n) is 2.53. The van der Waals surface area contributed by atoms with Gasteiger partial charge in [-0.3, -0.25) is 9.59 Å². The van der Waals surface area contributed by atoms with Crippen LogP contribution in [0.4, 0.5) is 5.69 Å². The molecule has 1 saturated heterocycles. The number of hydrogen-bond donors (Lipinski definition) is 1. The van der Waals surface area contributed by atoms with E-state index in [0.717, 1.165) is 11.3 Å². The molecule has 0 aromatic heterocycles. The summed E-state index contributed by atoms with van der Waals surface area (Å²) in [5, 5.41) is 3.25. The number of hydrogen-bond acceptors (Lipinski definition) is 7. The van der Waals surface area contributed by atoms with Gasteiger partial charge < -0.3 is 19.5 Å². The molecule has 0 bridgehead atoms. The van der Waals surface area contributed by atoms with Crippen LogP contribution < -0.4 is 19.5 Å². The maximum absolute atomic E-state index is 12.3. The van der Waals surface area contributed by atoms with E-state index < -0.39 is 5.97 Å². The monoisotopic (exact) mass is 412 g/mol. The first-order chi connectivity index (χ1) is 14.0. The largest absolute Gasteiger partial charge is 0.497 e. The van der Waals surface area contributed by atoms with Gasteiger partial charge in [0.2, 0.25) is 0 Å². The summed E-state index contributed by atoms with van der Waals surface area (Å²) in [5.74, 6) is 0.853. The summed E-state index contributed by atoms with van der Waals surface area (Å²) in [7, 11) is 1.60. The van der Waals surface area contributed by atoms with Crippen LogP contribution in [0.1, 0.15) is 19.4 Å². The van der Waals surface area contributed by atoms with E-state index in [4.69, 9.17) is 14.2 Å². The highest BCUT2D eigenvalue weighted by atomic mass is 32.2. The van der Waals surface area contributed by atoms with Crippen molar-refractivity contribution in [3.05, 3.63) is 52.9 Å². The van der Waals surface area contributed by atoms with Crippen LogP contribution in [0.15, 0.2) is 52.4 Å². The number of aliphatic imine (C=N–C) groups is 1. The Labute approximate surface area is 172 Å². The summed E-state index contributed by atoms with van der Waals surface area (Å²) in [6, 6.07) is 12.3. The maximum Gasteiger partial charge on any atom is 0.308 e. The number of rotatable bonds is 6. The van der Waals surface area contributed by atoms with E-state index in [1.54, 1.807) is 43.5 Å². The number of benzene rings is 2. The third-order valence-corrected chi connectivity index (χ3v) is 4.68. The SMILES string of the molecule is CCOc1cc(/C=C2\SC(=Nc3ccc(OC)cc3)NC2=O)ccc1OC(C)=O. The van der Waals surface area contributed by atoms with Crippen molar-refractivity contribution in [1.29, 1.82) is 0 Å². The van der Waals surface area contributed by atoms with Gasteiger partial charge in [0, 0.05) is 6.92 Å². The summed E-state index contributed by atoms with van der Waals surface area (Å²) >= 11 is 1.25. The highest BCUT2D eigenvalue weighted by Gasteiger charge is 2.24. The zero-order valence-corrected chi connectivity index (χ0v) is 17.0. The minimum atomic E-state index is -0.429. The number of methoxy groups -OCH3 is 1. The van der Waals surface area contributed by atoms with Crippen molar-refractivity contribution < 1.29 is 23.8 Å². The molecule has 1 amide bonds. The number of amides is 1. The number of thioether (sulfide) groups is 1. The van der Waals surface area contributed by atoms with Crippen molar-refractivity contribution in [2.45, 2.75) is 13.8 Å². The van der Waals surface area contributed by atoms with Crippen LogP contribution in [0.25, 0.3) is 6.08 Å². The second kappa shape index (κ2) is 9.29. The number of nitrogens with zero attached hydrogens (tertiary/aromatic N) is 1. The summed E-state index contributed by atoms with van der Waals surface area (Å²) in [6.45, 7) is 3.59. The summed E-state index contributed by atoms with van der Waals surface area (Å²) < 4.78 is 15.8. The maximum atomic E-state index is 12.3. The smallest absolute Gasteiger partial charge is 0.308 e. The van der Waals surface area contributed by atoms with Crippen molar-refractivity contribution >= 4 is 40.6 Å². The third-order valence-electron chi connectivity index (χ3n) is 3.77. The molecule has 0 aliphatic carbocycles. The average Bonchev–Trinajstić information content (AvgIpc) is 3.03. The van der Waals surface area contributed by atoms with Crippen LogP contribution in [0.5, 0.6) is 17.2 Å². The van der Waals surface area contributed by atoms with Crippen molar-refractivity contribution in [2.75, 3.05) is 13.7 Å². The summed E-state index contributed by atoms with van der Waals surface area (Å²) in [6.07, 6.45) is 1.73. The topological polar surface area (TPSA) is 86.2 Å². The molecule has 0 unspecified atom stereocenters. The van der Waals surface area contributed by atoms with Gasteiger partial charge >= 0.3 is 5.97 Å². The number of ether oxygens (including phenoxy) is 3. The number of carbonyl (C=O) groups excluding carboxylic acids is 2. The second-order valence-electron chi connectivity index (χ2n) is 5.91. The highest BCUT2D eigenvalue weighted by molar-refractivity contribution is 8.18. The Morgan fingerprint density at radius 2 is 1.93 bits per heavy atom. The van der Waals surface area contributed by atoms with Crippen molar-refractivity contribution in [1.82, 2.24) is 5.32 Å². The molecule has 8 heteroatoms. The molecule has 0 saturated carbocycles. The molecule has 1 fully saturated rings. The van der Waals surface area contributed by atoms with E-state index in [1.165, 1.54) is 18.7 Å². The third kappa shape index (κ3) is 5.39. The zero-order chi connectivity index (χ0) is 20.8. The van der Waals surface area contributed by atoms with Gasteiger partial charge in [-0.15, -0.1) is 0 Å². The molecule has 150 valence electrons.